The normalized spacial score (nSPS) is 30.0. The van der Waals surface area contributed by atoms with Crippen LogP contribution in [0.15, 0.2) is 17.1 Å². The van der Waals surface area contributed by atoms with Gasteiger partial charge in [0, 0.05) is 26.7 Å². The number of aliphatic imine (C=N–C) groups is 1. The van der Waals surface area contributed by atoms with Gasteiger partial charge in [-0.3, -0.25) is 19.5 Å². The Hall–Kier alpha value is -1.16. The molecule has 31 heavy (non-hydrogen) atoms. The van der Waals surface area contributed by atoms with Gasteiger partial charge in [0.05, 0.1) is 11.8 Å². The fourth-order valence-electron chi connectivity index (χ4n) is 5.72. The summed E-state index contributed by atoms with van der Waals surface area (Å²) in [5, 5.41) is 6.60. The zero-order valence-electron chi connectivity index (χ0n) is 18.7. The van der Waals surface area contributed by atoms with Crippen molar-refractivity contribution in [2.24, 2.45) is 28.7 Å². The SMILES string of the molecule is CN=C(NCCCCCN1CCCCC1)NCCN1C(=O)C2C3C=CC(C3)C2C1=O.I. The van der Waals surface area contributed by atoms with Crippen molar-refractivity contribution >= 4 is 41.8 Å². The minimum atomic E-state index is -0.102. The van der Waals surface area contributed by atoms with E-state index in [9.17, 15) is 9.59 Å². The number of allylic oxidation sites excluding steroid dienone is 2. The fourth-order valence-corrected chi connectivity index (χ4v) is 5.72. The van der Waals surface area contributed by atoms with Crippen LogP contribution in [0, 0.1) is 23.7 Å². The Morgan fingerprint density at radius 1 is 0.935 bits per heavy atom. The van der Waals surface area contributed by atoms with E-state index in [-0.39, 0.29) is 59.5 Å². The Balaban J connectivity index is 0.00000272. The van der Waals surface area contributed by atoms with Gasteiger partial charge >= 0.3 is 0 Å². The Bertz CT molecular complexity index is 661. The van der Waals surface area contributed by atoms with Crippen LogP contribution >= 0.6 is 24.0 Å². The molecule has 0 aromatic carbocycles. The van der Waals surface area contributed by atoms with Gasteiger partial charge in [-0.25, -0.2) is 0 Å². The number of carbonyl (C=O) groups excluding carboxylic acids is 2. The average Bonchev–Trinajstić information content (AvgIpc) is 3.45. The summed E-state index contributed by atoms with van der Waals surface area (Å²) in [5.41, 5.74) is 0. The molecule has 2 N–H and O–H groups in total. The van der Waals surface area contributed by atoms with E-state index in [0.717, 1.165) is 25.3 Å². The molecule has 4 rings (SSSR count). The van der Waals surface area contributed by atoms with E-state index in [1.807, 2.05) is 0 Å². The quantitative estimate of drug-likeness (QED) is 0.117. The number of fused-ring (bicyclic) bond motifs is 5. The van der Waals surface area contributed by atoms with Crippen molar-refractivity contribution in [3.05, 3.63) is 12.2 Å². The van der Waals surface area contributed by atoms with Crippen molar-refractivity contribution in [3.63, 3.8) is 0 Å². The topological polar surface area (TPSA) is 77.0 Å². The zero-order chi connectivity index (χ0) is 20.9. The highest BCUT2D eigenvalue weighted by molar-refractivity contribution is 14.0. The molecule has 1 saturated carbocycles. The van der Waals surface area contributed by atoms with Gasteiger partial charge in [0.15, 0.2) is 5.96 Å². The van der Waals surface area contributed by atoms with Crippen molar-refractivity contribution in [3.8, 4) is 0 Å². The predicted molar refractivity (Wildman–Crippen MR) is 133 cm³/mol. The van der Waals surface area contributed by atoms with E-state index in [2.05, 4.69) is 32.7 Å². The number of imide groups is 1. The van der Waals surface area contributed by atoms with E-state index in [1.165, 1.54) is 56.6 Å². The van der Waals surface area contributed by atoms with E-state index < -0.39 is 0 Å². The summed E-state index contributed by atoms with van der Waals surface area (Å²) >= 11 is 0. The summed E-state index contributed by atoms with van der Waals surface area (Å²) in [5.74, 6) is 1.15. The number of hydrogen-bond acceptors (Lipinski definition) is 4. The molecule has 3 fully saturated rings. The summed E-state index contributed by atoms with van der Waals surface area (Å²) in [4.78, 5) is 33.8. The molecule has 2 saturated heterocycles. The number of halogens is 1. The van der Waals surface area contributed by atoms with Crippen LogP contribution in [0.4, 0.5) is 0 Å². The maximum absolute atomic E-state index is 12.7. The van der Waals surface area contributed by atoms with Gasteiger partial charge in [-0.15, -0.1) is 24.0 Å². The number of nitrogens with one attached hydrogen (secondary N) is 2. The molecular formula is C23H38IN5O2. The lowest BCUT2D eigenvalue weighted by atomic mass is 9.85. The van der Waals surface area contributed by atoms with Crippen molar-refractivity contribution < 1.29 is 9.59 Å². The highest BCUT2D eigenvalue weighted by Gasteiger charge is 2.58. The van der Waals surface area contributed by atoms with Gasteiger partial charge in [-0.2, -0.15) is 0 Å². The second-order valence-electron chi connectivity index (χ2n) is 9.22. The Morgan fingerprint density at radius 3 is 2.23 bits per heavy atom. The molecule has 4 atom stereocenters. The molecule has 2 heterocycles. The molecule has 2 aliphatic heterocycles. The lowest BCUT2D eigenvalue weighted by Gasteiger charge is -2.26. The average molecular weight is 543 g/mol. The number of nitrogens with zero attached hydrogens (tertiary/aromatic N) is 3. The number of amides is 2. The first kappa shape index (κ1) is 24.5. The molecule has 0 aromatic heterocycles. The molecule has 2 amide bonds. The van der Waals surface area contributed by atoms with Gasteiger partial charge in [0.25, 0.3) is 0 Å². The first-order chi connectivity index (χ1) is 14.7. The van der Waals surface area contributed by atoms with Crippen LogP contribution in [-0.2, 0) is 9.59 Å². The van der Waals surface area contributed by atoms with E-state index in [1.54, 1.807) is 7.05 Å². The third kappa shape index (κ3) is 5.61. The third-order valence-corrected chi connectivity index (χ3v) is 7.31. The standard InChI is InChI=1S/C23H37N5O2.HI/c1-24-23(25-10-4-2-5-12-27-13-6-3-7-14-27)26-11-15-28-21(29)19-17-8-9-18(16-17)20(19)22(28)30;/h8-9,17-20H,2-7,10-16H2,1H3,(H2,24,25,26);1H. The Labute approximate surface area is 203 Å². The van der Waals surface area contributed by atoms with Crippen molar-refractivity contribution in [2.45, 2.75) is 44.9 Å². The number of hydrogen-bond donors (Lipinski definition) is 2. The summed E-state index contributed by atoms with van der Waals surface area (Å²) < 4.78 is 0. The highest BCUT2D eigenvalue weighted by atomic mass is 127. The number of unbranched alkanes of at least 4 members (excludes halogenated alkanes) is 2. The van der Waals surface area contributed by atoms with Crippen LogP contribution in [0.1, 0.15) is 44.9 Å². The van der Waals surface area contributed by atoms with Gasteiger partial charge in [0.1, 0.15) is 0 Å². The van der Waals surface area contributed by atoms with Crippen LogP contribution in [0.5, 0.6) is 0 Å². The van der Waals surface area contributed by atoms with E-state index in [0.29, 0.717) is 13.1 Å². The lowest BCUT2D eigenvalue weighted by Crippen LogP contribution is -2.43. The van der Waals surface area contributed by atoms with Gasteiger partial charge in [-0.1, -0.05) is 25.0 Å². The molecule has 2 aliphatic carbocycles. The molecule has 8 heteroatoms. The summed E-state index contributed by atoms with van der Waals surface area (Å²) in [6, 6.07) is 0. The first-order valence-corrected chi connectivity index (χ1v) is 11.9. The molecule has 174 valence electrons. The van der Waals surface area contributed by atoms with Crippen molar-refractivity contribution in [1.29, 1.82) is 0 Å². The Kier molecular flexibility index (Phi) is 9.18. The van der Waals surface area contributed by atoms with E-state index in [4.69, 9.17) is 0 Å². The molecule has 2 bridgehead atoms. The minimum Gasteiger partial charge on any atom is -0.356 e. The van der Waals surface area contributed by atoms with Crippen LogP contribution < -0.4 is 10.6 Å². The van der Waals surface area contributed by atoms with Gasteiger partial charge in [0.2, 0.25) is 11.8 Å². The number of piperidine rings is 1. The number of carbonyl (C=O) groups is 2. The molecule has 0 spiro atoms. The highest BCUT2D eigenvalue weighted by Crippen LogP contribution is 2.52. The molecule has 7 nitrogen and oxygen atoms in total. The van der Waals surface area contributed by atoms with Gasteiger partial charge < -0.3 is 15.5 Å². The minimum absolute atomic E-state index is 0. The second-order valence-corrected chi connectivity index (χ2v) is 9.22. The zero-order valence-corrected chi connectivity index (χ0v) is 21.1. The number of likely N-dealkylation sites (tertiary alicyclic amines) is 2. The van der Waals surface area contributed by atoms with Crippen LogP contribution in [0.25, 0.3) is 0 Å². The Morgan fingerprint density at radius 2 is 1.58 bits per heavy atom. The first-order valence-electron chi connectivity index (χ1n) is 11.9. The smallest absolute Gasteiger partial charge is 0.233 e. The van der Waals surface area contributed by atoms with E-state index >= 15 is 0 Å². The second kappa shape index (κ2) is 11.6. The summed E-state index contributed by atoms with van der Waals surface area (Å²) in [7, 11) is 1.76. The number of rotatable bonds is 9. The van der Waals surface area contributed by atoms with Crippen LogP contribution in [-0.4, -0.2) is 73.9 Å². The summed E-state index contributed by atoms with van der Waals surface area (Å²) in [6.45, 7) is 5.62. The molecular weight excluding hydrogens is 505 g/mol. The van der Waals surface area contributed by atoms with Crippen molar-refractivity contribution in [1.82, 2.24) is 20.4 Å². The largest absolute Gasteiger partial charge is 0.356 e. The number of guanidine groups is 1. The molecule has 4 unspecified atom stereocenters. The van der Waals surface area contributed by atoms with Crippen LogP contribution in [0.3, 0.4) is 0 Å². The fraction of sp³-hybridized carbons (Fsp3) is 0.783. The van der Waals surface area contributed by atoms with Crippen LogP contribution in [0.2, 0.25) is 0 Å². The maximum atomic E-state index is 12.7. The van der Waals surface area contributed by atoms with Crippen molar-refractivity contribution in [2.75, 3.05) is 46.3 Å². The maximum Gasteiger partial charge on any atom is 0.233 e. The molecule has 0 aromatic rings. The third-order valence-electron chi connectivity index (χ3n) is 7.31. The van der Waals surface area contributed by atoms with Gasteiger partial charge in [-0.05, 0) is 63.6 Å². The summed E-state index contributed by atoms with van der Waals surface area (Å²) in [6.07, 6.45) is 13.0. The molecule has 4 aliphatic rings. The monoisotopic (exact) mass is 543 g/mol. The molecule has 0 radical (unpaired) electrons. The predicted octanol–water partition coefficient (Wildman–Crippen LogP) is 2.23. The lowest BCUT2D eigenvalue weighted by molar-refractivity contribution is -0.140.